The molecule has 0 bridgehead atoms. The van der Waals surface area contributed by atoms with Crippen molar-refractivity contribution in [3.05, 3.63) is 22.9 Å². The Morgan fingerprint density at radius 1 is 1.25 bits per heavy atom. The molecule has 1 aromatic heterocycles. The van der Waals surface area contributed by atoms with Gasteiger partial charge < -0.3 is 14.4 Å². The lowest BCUT2D eigenvalue weighted by Crippen LogP contribution is -2.27. The molecule has 88 valence electrons. The van der Waals surface area contributed by atoms with Crippen molar-refractivity contribution >= 4 is 21.6 Å². The van der Waals surface area contributed by atoms with Crippen LogP contribution in [0.5, 0.6) is 0 Å². The first kappa shape index (κ1) is 11.8. The summed E-state index contributed by atoms with van der Waals surface area (Å²) in [5.41, 5.74) is 1.09. The molecular weight excluding hydrogens is 272 g/mol. The van der Waals surface area contributed by atoms with Crippen LogP contribution in [0.4, 0.5) is 5.69 Å². The van der Waals surface area contributed by atoms with E-state index in [9.17, 15) is 0 Å². The second-order valence-corrected chi connectivity index (χ2v) is 4.73. The molecular formula is C11H15BrN2O2. The van der Waals surface area contributed by atoms with Crippen molar-refractivity contribution in [2.24, 2.45) is 0 Å². The zero-order valence-electron chi connectivity index (χ0n) is 9.39. The monoisotopic (exact) mass is 286 g/mol. The predicted molar refractivity (Wildman–Crippen MR) is 65.7 cm³/mol. The average Bonchev–Trinajstić information content (AvgIpc) is 2.72. The summed E-state index contributed by atoms with van der Waals surface area (Å²) in [5.74, 6) is 0. The van der Waals surface area contributed by atoms with Crippen LogP contribution in [0.3, 0.4) is 0 Å². The highest BCUT2D eigenvalue weighted by atomic mass is 79.9. The van der Waals surface area contributed by atoms with E-state index in [4.69, 9.17) is 9.47 Å². The molecule has 2 heterocycles. The Morgan fingerprint density at radius 2 is 1.88 bits per heavy atom. The van der Waals surface area contributed by atoms with E-state index in [2.05, 4.69) is 31.9 Å². The summed E-state index contributed by atoms with van der Waals surface area (Å²) in [6.07, 6.45) is 3.89. The van der Waals surface area contributed by atoms with Crippen molar-refractivity contribution < 1.29 is 9.47 Å². The Bertz CT molecular complexity index is 350. The molecule has 1 aliphatic heterocycles. The van der Waals surface area contributed by atoms with Gasteiger partial charge in [-0.15, -0.1) is 0 Å². The van der Waals surface area contributed by atoms with E-state index >= 15 is 0 Å². The Morgan fingerprint density at radius 3 is 2.38 bits per heavy atom. The van der Waals surface area contributed by atoms with Crippen LogP contribution >= 0.6 is 15.9 Å². The molecule has 16 heavy (non-hydrogen) atoms. The maximum Gasteiger partial charge on any atom is 0.102 e. The molecule has 1 aromatic rings. The summed E-state index contributed by atoms with van der Waals surface area (Å²) in [5, 5.41) is 0. The number of halogens is 1. The number of hydrogen-bond acceptors (Lipinski definition) is 4. The number of hydrogen-bond donors (Lipinski definition) is 0. The number of aromatic nitrogens is 1. The molecule has 0 aromatic carbocycles. The molecule has 4 nitrogen and oxygen atoms in total. The average molecular weight is 287 g/mol. The van der Waals surface area contributed by atoms with E-state index in [-0.39, 0.29) is 12.2 Å². The van der Waals surface area contributed by atoms with Crippen LogP contribution in [-0.4, -0.2) is 44.5 Å². The zero-order valence-corrected chi connectivity index (χ0v) is 11.0. The van der Waals surface area contributed by atoms with Crippen molar-refractivity contribution in [3.63, 3.8) is 0 Å². The number of ether oxygens (including phenoxy) is 2. The number of nitrogens with zero attached hydrogens (tertiary/aromatic N) is 2. The van der Waals surface area contributed by atoms with Gasteiger partial charge in [-0.1, -0.05) is 0 Å². The van der Waals surface area contributed by atoms with E-state index in [0.29, 0.717) is 0 Å². The van der Waals surface area contributed by atoms with Gasteiger partial charge in [0.05, 0.1) is 11.9 Å². The first-order valence-electron chi connectivity index (χ1n) is 5.15. The van der Waals surface area contributed by atoms with E-state index in [0.717, 1.165) is 23.2 Å². The zero-order chi connectivity index (χ0) is 11.5. The molecule has 0 spiro atoms. The number of rotatable bonds is 3. The number of pyridine rings is 1. The number of methoxy groups -OCH3 is 2. The van der Waals surface area contributed by atoms with Crippen molar-refractivity contribution in [2.75, 3.05) is 32.2 Å². The second kappa shape index (κ2) is 5.12. The van der Waals surface area contributed by atoms with Gasteiger partial charge in [0.2, 0.25) is 0 Å². The highest BCUT2D eigenvalue weighted by molar-refractivity contribution is 9.10. The number of anilines is 1. The van der Waals surface area contributed by atoms with E-state index < -0.39 is 0 Å². The summed E-state index contributed by atoms with van der Waals surface area (Å²) in [6, 6.07) is 2.05. The van der Waals surface area contributed by atoms with Crippen molar-refractivity contribution in [1.82, 2.24) is 4.98 Å². The molecule has 0 N–H and O–H groups in total. The summed E-state index contributed by atoms with van der Waals surface area (Å²) < 4.78 is 11.8. The quantitative estimate of drug-likeness (QED) is 0.847. The van der Waals surface area contributed by atoms with E-state index in [1.54, 1.807) is 20.4 Å². The van der Waals surface area contributed by atoms with Crippen LogP contribution in [0.15, 0.2) is 22.9 Å². The molecule has 0 radical (unpaired) electrons. The lowest BCUT2D eigenvalue weighted by molar-refractivity contribution is -0.00461. The first-order valence-corrected chi connectivity index (χ1v) is 5.95. The molecule has 0 saturated carbocycles. The van der Waals surface area contributed by atoms with Gasteiger partial charge in [0.1, 0.15) is 12.2 Å². The Hall–Kier alpha value is -0.650. The van der Waals surface area contributed by atoms with Crippen LogP contribution in [0.1, 0.15) is 0 Å². The summed E-state index contributed by atoms with van der Waals surface area (Å²) in [6.45, 7) is 1.68. The topological polar surface area (TPSA) is 34.6 Å². The van der Waals surface area contributed by atoms with Gasteiger partial charge in [-0.2, -0.15) is 0 Å². The maximum absolute atomic E-state index is 5.40. The fourth-order valence-corrected chi connectivity index (χ4v) is 2.33. The van der Waals surface area contributed by atoms with Crippen LogP contribution in [0, 0.1) is 0 Å². The van der Waals surface area contributed by atoms with Gasteiger partial charge >= 0.3 is 0 Å². The molecule has 2 atom stereocenters. The van der Waals surface area contributed by atoms with Gasteiger partial charge in [0.15, 0.2) is 0 Å². The molecule has 2 rings (SSSR count). The second-order valence-electron chi connectivity index (χ2n) is 3.81. The molecule has 0 amide bonds. The van der Waals surface area contributed by atoms with Gasteiger partial charge in [0.25, 0.3) is 0 Å². The summed E-state index contributed by atoms with van der Waals surface area (Å²) >= 11 is 3.42. The molecule has 1 saturated heterocycles. The normalized spacial score (nSPS) is 25.1. The van der Waals surface area contributed by atoms with E-state index in [1.165, 1.54) is 0 Å². The largest absolute Gasteiger partial charge is 0.377 e. The highest BCUT2D eigenvalue weighted by Crippen LogP contribution is 2.24. The van der Waals surface area contributed by atoms with Gasteiger partial charge in [-0.3, -0.25) is 4.98 Å². The maximum atomic E-state index is 5.40. The molecule has 0 aliphatic carbocycles. The van der Waals surface area contributed by atoms with Crippen molar-refractivity contribution in [2.45, 2.75) is 12.2 Å². The molecule has 2 unspecified atom stereocenters. The minimum Gasteiger partial charge on any atom is -0.377 e. The minimum absolute atomic E-state index is 0.129. The van der Waals surface area contributed by atoms with E-state index in [1.807, 2.05) is 6.20 Å². The van der Waals surface area contributed by atoms with Crippen LogP contribution in [-0.2, 0) is 9.47 Å². The Labute approximate surface area is 104 Å². The third-order valence-electron chi connectivity index (χ3n) is 2.88. The summed E-state index contributed by atoms with van der Waals surface area (Å²) in [7, 11) is 3.44. The fourth-order valence-electron chi connectivity index (χ4n) is 1.98. The van der Waals surface area contributed by atoms with Gasteiger partial charge in [-0.05, 0) is 22.0 Å². The smallest absolute Gasteiger partial charge is 0.102 e. The van der Waals surface area contributed by atoms with Crippen LogP contribution in [0.25, 0.3) is 0 Å². The third kappa shape index (κ3) is 2.36. The Kier molecular flexibility index (Phi) is 3.78. The van der Waals surface area contributed by atoms with Crippen LogP contribution < -0.4 is 4.90 Å². The predicted octanol–water partition coefficient (Wildman–Crippen LogP) is 1.69. The highest BCUT2D eigenvalue weighted by Gasteiger charge is 2.33. The summed E-state index contributed by atoms with van der Waals surface area (Å²) in [4.78, 5) is 6.38. The third-order valence-corrected chi connectivity index (χ3v) is 3.31. The van der Waals surface area contributed by atoms with Gasteiger partial charge in [0, 0.05) is 38.0 Å². The standard InChI is InChI=1S/C11H15BrN2O2/c1-15-10-6-14(7-11(10)16-2)9-3-8(12)4-13-5-9/h3-5,10-11H,6-7H2,1-2H3. The lowest BCUT2D eigenvalue weighted by Gasteiger charge is -2.17. The molecule has 1 fully saturated rings. The lowest BCUT2D eigenvalue weighted by atomic mass is 10.3. The SMILES string of the molecule is COC1CN(c2cncc(Br)c2)CC1OC. The van der Waals surface area contributed by atoms with Crippen molar-refractivity contribution in [3.8, 4) is 0 Å². The fraction of sp³-hybridized carbons (Fsp3) is 0.545. The molecule has 1 aliphatic rings. The molecule has 5 heteroatoms. The van der Waals surface area contributed by atoms with Gasteiger partial charge in [-0.25, -0.2) is 0 Å². The minimum atomic E-state index is 0.129. The van der Waals surface area contributed by atoms with Crippen molar-refractivity contribution in [1.29, 1.82) is 0 Å². The first-order chi connectivity index (χ1) is 7.74. The Balaban J connectivity index is 2.12. The van der Waals surface area contributed by atoms with Crippen LogP contribution in [0.2, 0.25) is 0 Å².